The largest absolute Gasteiger partial charge is 0.355 e. The van der Waals surface area contributed by atoms with Gasteiger partial charge in [0.25, 0.3) is 0 Å². The van der Waals surface area contributed by atoms with E-state index in [0.717, 1.165) is 4.90 Å². The van der Waals surface area contributed by atoms with Crippen LogP contribution < -0.4 is 5.32 Å². The van der Waals surface area contributed by atoms with Gasteiger partial charge in [0.1, 0.15) is 0 Å². The molecular formula is C16H26IN3O3S2. The summed E-state index contributed by atoms with van der Waals surface area (Å²) in [5.41, 5.74) is 0. The van der Waals surface area contributed by atoms with Gasteiger partial charge in [-0.2, -0.15) is 0 Å². The third kappa shape index (κ3) is 5.65. The molecule has 0 amide bonds. The molecule has 2 rings (SSSR count). The fraction of sp³-hybridized carbons (Fsp3) is 0.562. The average Bonchev–Trinajstić information content (AvgIpc) is 2.55. The Morgan fingerprint density at radius 2 is 1.96 bits per heavy atom. The number of aliphatic imine (C=N–C) groups is 1. The van der Waals surface area contributed by atoms with Gasteiger partial charge in [0, 0.05) is 37.3 Å². The normalized spacial score (nSPS) is 20.4. The molecule has 1 aliphatic heterocycles. The van der Waals surface area contributed by atoms with Crippen LogP contribution in [0.5, 0.6) is 0 Å². The highest BCUT2D eigenvalue weighted by atomic mass is 127. The third-order valence-electron chi connectivity index (χ3n) is 4.13. The van der Waals surface area contributed by atoms with Crippen molar-refractivity contribution in [3.05, 3.63) is 30.3 Å². The second-order valence-electron chi connectivity index (χ2n) is 6.34. The molecule has 0 bridgehead atoms. The smallest absolute Gasteiger partial charge is 0.193 e. The maximum atomic E-state index is 12.2. The first-order chi connectivity index (χ1) is 11.3. The molecule has 0 spiro atoms. The fourth-order valence-electron chi connectivity index (χ4n) is 2.60. The molecule has 1 aromatic carbocycles. The van der Waals surface area contributed by atoms with Gasteiger partial charge in [-0.05, 0) is 26.0 Å². The minimum absolute atomic E-state index is 0. The maximum Gasteiger partial charge on any atom is 0.193 e. The van der Waals surface area contributed by atoms with Crippen molar-refractivity contribution in [3.63, 3.8) is 0 Å². The Morgan fingerprint density at radius 1 is 1.32 bits per heavy atom. The van der Waals surface area contributed by atoms with E-state index in [0.29, 0.717) is 31.3 Å². The van der Waals surface area contributed by atoms with Gasteiger partial charge in [0.05, 0.1) is 21.3 Å². The summed E-state index contributed by atoms with van der Waals surface area (Å²) in [6, 6.07) is 9.34. The van der Waals surface area contributed by atoms with Gasteiger partial charge in [-0.3, -0.25) is 9.20 Å². The number of benzene rings is 1. The molecule has 9 heteroatoms. The van der Waals surface area contributed by atoms with E-state index in [-0.39, 0.29) is 29.7 Å². The Hall–Kier alpha value is -0.680. The van der Waals surface area contributed by atoms with E-state index in [1.165, 1.54) is 0 Å². The summed E-state index contributed by atoms with van der Waals surface area (Å²) in [4.78, 5) is 6.99. The third-order valence-corrected chi connectivity index (χ3v) is 8.04. The second kappa shape index (κ2) is 9.31. The van der Waals surface area contributed by atoms with E-state index in [1.807, 2.05) is 35.2 Å². The topological polar surface area (TPSA) is 78.8 Å². The van der Waals surface area contributed by atoms with E-state index in [2.05, 4.69) is 10.3 Å². The standard InChI is InChI=1S/C16H25N3O3S2.HI/c1-16(2)13-19(10-12-24(16,21)22)15(17-3)18-9-11-23(20)14-7-5-4-6-8-14;/h4-8H,9-13H2,1-3H3,(H,17,18);1H. The first-order valence-electron chi connectivity index (χ1n) is 7.88. The van der Waals surface area contributed by atoms with Gasteiger partial charge >= 0.3 is 0 Å². The molecule has 1 atom stereocenters. The van der Waals surface area contributed by atoms with Crippen molar-refractivity contribution in [2.24, 2.45) is 4.99 Å². The van der Waals surface area contributed by atoms with E-state index in [4.69, 9.17) is 0 Å². The Bertz CT molecular complexity index is 721. The van der Waals surface area contributed by atoms with E-state index < -0.39 is 25.4 Å². The van der Waals surface area contributed by atoms with Crippen LogP contribution in [0.25, 0.3) is 0 Å². The van der Waals surface area contributed by atoms with E-state index >= 15 is 0 Å². The molecule has 1 aliphatic rings. The number of guanidine groups is 1. The molecule has 6 nitrogen and oxygen atoms in total. The van der Waals surface area contributed by atoms with Gasteiger partial charge < -0.3 is 10.2 Å². The van der Waals surface area contributed by atoms with Crippen LogP contribution >= 0.6 is 24.0 Å². The summed E-state index contributed by atoms with van der Waals surface area (Å²) in [7, 11) is -2.47. The Morgan fingerprint density at radius 3 is 2.52 bits per heavy atom. The minimum atomic E-state index is -3.08. The summed E-state index contributed by atoms with van der Waals surface area (Å²) in [5, 5.41) is 3.19. The van der Waals surface area contributed by atoms with E-state index in [1.54, 1.807) is 20.9 Å². The SMILES string of the molecule is CN=C(NCCS(=O)c1ccccc1)N1CCS(=O)(=O)C(C)(C)C1.I. The molecule has 142 valence electrons. The lowest BCUT2D eigenvalue weighted by molar-refractivity contribution is 0.354. The van der Waals surface area contributed by atoms with Crippen LogP contribution in [0.2, 0.25) is 0 Å². The summed E-state index contributed by atoms with van der Waals surface area (Å²) in [6.07, 6.45) is 0. The number of hydrogen-bond acceptors (Lipinski definition) is 4. The molecular weight excluding hydrogens is 473 g/mol. The van der Waals surface area contributed by atoms with Crippen molar-refractivity contribution in [1.82, 2.24) is 10.2 Å². The predicted molar refractivity (Wildman–Crippen MR) is 114 cm³/mol. The lowest BCUT2D eigenvalue weighted by Crippen LogP contribution is -2.57. The quantitative estimate of drug-likeness (QED) is 0.386. The molecule has 0 aliphatic carbocycles. The number of sulfone groups is 1. The van der Waals surface area contributed by atoms with Crippen molar-refractivity contribution in [2.45, 2.75) is 23.5 Å². The molecule has 0 aromatic heterocycles. The molecule has 1 unspecified atom stereocenters. The van der Waals surface area contributed by atoms with Gasteiger partial charge in [0.2, 0.25) is 0 Å². The van der Waals surface area contributed by atoms with Crippen molar-refractivity contribution < 1.29 is 12.6 Å². The van der Waals surface area contributed by atoms with Crippen LogP contribution in [0.4, 0.5) is 0 Å². The van der Waals surface area contributed by atoms with Crippen LogP contribution in [0, 0.1) is 0 Å². The molecule has 1 aromatic rings. The zero-order chi connectivity index (χ0) is 17.8. The molecule has 1 saturated heterocycles. The summed E-state index contributed by atoms with van der Waals surface area (Å²) < 4.78 is 35.6. The van der Waals surface area contributed by atoms with Crippen molar-refractivity contribution in [2.75, 3.05) is 38.2 Å². The average molecular weight is 499 g/mol. The van der Waals surface area contributed by atoms with Crippen LogP contribution in [0.1, 0.15) is 13.8 Å². The van der Waals surface area contributed by atoms with Gasteiger partial charge in [0.15, 0.2) is 15.8 Å². The number of nitrogens with zero attached hydrogens (tertiary/aromatic N) is 2. The first kappa shape index (κ1) is 22.4. The van der Waals surface area contributed by atoms with Crippen molar-refractivity contribution in [1.29, 1.82) is 0 Å². The Labute approximate surface area is 169 Å². The van der Waals surface area contributed by atoms with Crippen molar-refractivity contribution in [3.8, 4) is 0 Å². The lowest BCUT2D eigenvalue weighted by atomic mass is 10.2. The van der Waals surface area contributed by atoms with E-state index in [9.17, 15) is 12.6 Å². The highest BCUT2D eigenvalue weighted by Gasteiger charge is 2.40. The zero-order valence-corrected chi connectivity index (χ0v) is 18.7. The summed E-state index contributed by atoms with van der Waals surface area (Å²) >= 11 is 0. The highest BCUT2D eigenvalue weighted by Crippen LogP contribution is 2.23. The lowest BCUT2D eigenvalue weighted by Gasteiger charge is -2.39. The number of halogens is 1. The fourth-order valence-corrected chi connectivity index (χ4v) is 4.95. The Kier molecular flexibility index (Phi) is 8.33. The van der Waals surface area contributed by atoms with Crippen LogP contribution in [-0.2, 0) is 20.6 Å². The summed E-state index contributed by atoms with van der Waals surface area (Å²) in [6.45, 7) is 4.82. The Balaban J connectivity index is 0.00000312. The monoisotopic (exact) mass is 499 g/mol. The molecule has 1 N–H and O–H groups in total. The minimum Gasteiger partial charge on any atom is -0.355 e. The van der Waals surface area contributed by atoms with Gasteiger partial charge in [-0.1, -0.05) is 18.2 Å². The number of rotatable bonds is 4. The van der Waals surface area contributed by atoms with Crippen LogP contribution in [-0.4, -0.2) is 66.4 Å². The molecule has 25 heavy (non-hydrogen) atoms. The second-order valence-corrected chi connectivity index (χ2v) is 10.7. The predicted octanol–water partition coefficient (Wildman–Crippen LogP) is 1.50. The van der Waals surface area contributed by atoms with Crippen molar-refractivity contribution >= 4 is 50.6 Å². The summed E-state index contributed by atoms with van der Waals surface area (Å²) in [5.74, 6) is 1.25. The number of hydrogen-bond donors (Lipinski definition) is 1. The molecule has 0 saturated carbocycles. The number of nitrogens with one attached hydrogen (secondary N) is 1. The maximum absolute atomic E-state index is 12.2. The van der Waals surface area contributed by atoms with Crippen LogP contribution in [0.15, 0.2) is 40.2 Å². The van der Waals surface area contributed by atoms with Gasteiger partial charge in [-0.15, -0.1) is 24.0 Å². The zero-order valence-electron chi connectivity index (χ0n) is 14.8. The molecule has 1 heterocycles. The molecule has 0 radical (unpaired) electrons. The molecule has 1 fully saturated rings. The van der Waals surface area contributed by atoms with Gasteiger partial charge in [-0.25, -0.2) is 8.42 Å². The highest BCUT2D eigenvalue weighted by molar-refractivity contribution is 14.0. The van der Waals surface area contributed by atoms with Crippen LogP contribution in [0.3, 0.4) is 0 Å². The first-order valence-corrected chi connectivity index (χ1v) is 10.9.